The molecule has 0 aliphatic carbocycles. The number of carboxylic acid groups (broad SMARTS) is 1. The van der Waals surface area contributed by atoms with E-state index in [1.165, 1.54) is 0 Å². The third-order valence-corrected chi connectivity index (χ3v) is 4.69. The SMILES string of the molecule is O=C(O)N1[C@@H]2CC[C@H]1CC(O)(CN1CCOCC1)C2. The van der Waals surface area contributed by atoms with Crippen LogP contribution in [0, 0.1) is 0 Å². The fourth-order valence-electron chi connectivity index (χ4n) is 3.94. The number of β-amino-alcohol motifs (C(OH)–C–C–N with tert-alkyl or cyclic N) is 1. The summed E-state index contributed by atoms with van der Waals surface area (Å²) in [7, 11) is 0. The molecule has 0 radical (unpaired) electrons. The second kappa shape index (κ2) is 4.92. The Morgan fingerprint density at radius 2 is 1.79 bits per heavy atom. The summed E-state index contributed by atoms with van der Waals surface area (Å²) in [6, 6.07) is 0.00424. The van der Waals surface area contributed by atoms with E-state index in [2.05, 4.69) is 4.90 Å². The first kappa shape index (κ1) is 13.1. The number of fused-ring (bicyclic) bond motifs is 2. The number of piperidine rings is 1. The molecule has 0 aromatic carbocycles. The van der Waals surface area contributed by atoms with Gasteiger partial charge in [0.05, 0.1) is 18.8 Å². The predicted octanol–water partition coefficient (Wildman–Crippen LogP) is 0.355. The van der Waals surface area contributed by atoms with E-state index in [0.29, 0.717) is 19.4 Å². The van der Waals surface area contributed by atoms with Crippen molar-refractivity contribution in [2.24, 2.45) is 0 Å². The van der Waals surface area contributed by atoms with E-state index < -0.39 is 11.7 Å². The molecule has 0 saturated carbocycles. The fourth-order valence-corrected chi connectivity index (χ4v) is 3.94. The minimum atomic E-state index is -0.832. The van der Waals surface area contributed by atoms with Crippen molar-refractivity contribution < 1.29 is 19.7 Å². The third kappa shape index (κ3) is 2.57. The van der Waals surface area contributed by atoms with Gasteiger partial charge in [-0.25, -0.2) is 4.79 Å². The molecule has 108 valence electrons. The Labute approximate surface area is 112 Å². The lowest BCUT2D eigenvalue weighted by molar-refractivity contribution is -0.0779. The maximum Gasteiger partial charge on any atom is 0.407 e. The van der Waals surface area contributed by atoms with Gasteiger partial charge in [-0.2, -0.15) is 0 Å². The highest BCUT2D eigenvalue weighted by atomic mass is 16.5. The van der Waals surface area contributed by atoms with Crippen molar-refractivity contribution in [1.82, 2.24) is 9.80 Å². The molecule has 3 heterocycles. The zero-order chi connectivity index (χ0) is 13.5. The average Bonchev–Trinajstić information content (AvgIpc) is 2.64. The predicted molar refractivity (Wildman–Crippen MR) is 68.1 cm³/mol. The lowest BCUT2D eigenvalue weighted by Crippen LogP contribution is -2.57. The maximum absolute atomic E-state index is 11.2. The van der Waals surface area contributed by atoms with Crippen LogP contribution in [-0.4, -0.2) is 76.6 Å². The summed E-state index contributed by atoms with van der Waals surface area (Å²) >= 11 is 0. The van der Waals surface area contributed by atoms with Gasteiger partial charge in [0.15, 0.2) is 0 Å². The smallest absolute Gasteiger partial charge is 0.407 e. The summed E-state index contributed by atoms with van der Waals surface area (Å²) in [6.07, 6.45) is 2.10. The Morgan fingerprint density at radius 3 is 2.32 bits per heavy atom. The molecule has 0 spiro atoms. The molecule has 6 heteroatoms. The molecule has 3 aliphatic heterocycles. The van der Waals surface area contributed by atoms with E-state index in [4.69, 9.17) is 4.74 Å². The Kier molecular flexibility index (Phi) is 3.41. The van der Waals surface area contributed by atoms with Crippen molar-refractivity contribution in [3.8, 4) is 0 Å². The summed E-state index contributed by atoms with van der Waals surface area (Å²) in [5.74, 6) is 0. The van der Waals surface area contributed by atoms with E-state index in [-0.39, 0.29) is 12.1 Å². The molecule has 1 unspecified atom stereocenters. The first-order valence-electron chi connectivity index (χ1n) is 7.11. The van der Waals surface area contributed by atoms with Gasteiger partial charge in [0, 0.05) is 31.7 Å². The van der Waals surface area contributed by atoms with Gasteiger partial charge in [0.2, 0.25) is 0 Å². The van der Waals surface area contributed by atoms with Crippen molar-refractivity contribution in [2.75, 3.05) is 32.8 Å². The van der Waals surface area contributed by atoms with Gasteiger partial charge >= 0.3 is 6.09 Å². The highest BCUT2D eigenvalue weighted by Crippen LogP contribution is 2.41. The molecule has 2 N–H and O–H groups in total. The number of carbonyl (C=O) groups is 1. The first-order chi connectivity index (χ1) is 9.07. The lowest BCUT2D eigenvalue weighted by atomic mass is 9.85. The molecule has 3 saturated heterocycles. The van der Waals surface area contributed by atoms with Crippen LogP contribution in [0.2, 0.25) is 0 Å². The average molecular weight is 270 g/mol. The number of aliphatic hydroxyl groups is 1. The van der Waals surface area contributed by atoms with Crippen molar-refractivity contribution >= 4 is 6.09 Å². The Balaban J connectivity index is 1.65. The molecular formula is C13H22N2O4. The summed E-state index contributed by atoms with van der Waals surface area (Å²) < 4.78 is 5.32. The topological polar surface area (TPSA) is 73.2 Å². The van der Waals surface area contributed by atoms with E-state index in [0.717, 1.165) is 39.1 Å². The van der Waals surface area contributed by atoms with Crippen LogP contribution in [0.1, 0.15) is 25.7 Å². The number of hydrogen-bond acceptors (Lipinski definition) is 4. The third-order valence-electron chi connectivity index (χ3n) is 4.69. The van der Waals surface area contributed by atoms with Crippen LogP contribution < -0.4 is 0 Å². The summed E-state index contributed by atoms with van der Waals surface area (Å²) in [5, 5.41) is 20.0. The minimum Gasteiger partial charge on any atom is -0.465 e. The largest absolute Gasteiger partial charge is 0.465 e. The molecule has 3 fully saturated rings. The highest BCUT2D eigenvalue weighted by molar-refractivity contribution is 5.66. The van der Waals surface area contributed by atoms with Gasteiger partial charge in [-0.15, -0.1) is 0 Å². The van der Waals surface area contributed by atoms with Crippen LogP contribution in [-0.2, 0) is 4.74 Å². The van der Waals surface area contributed by atoms with Gasteiger partial charge in [-0.05, 0) is 25.7 Å². The molecule has 1 amide bonds. The van der Waals surface area contributed by atoms with E-state index in [9.17, 15) is 15.0 Å². The quantitative estimate of drug-likeness (QED) is 0.757. The first-order valence-corrected chi connectivity index (χ1v) is 7.11. The zero-order valence-electron chi connectivity index (χ0n) is 11.1. The van der Waals surface area contributed by atoms with Crippen LogP contribution in [0.25, 0.3) is 0 Å². The monoisotopic (exact) mass is 270 g/mol. The Hall–Kier alpha value is -0.850. The number of rotatable bonds is 2. The van der Waals surface area contributed by atoms with E-state index >= 15 is 0 Å². The molecule has 3 rings (SSSR count). The Morgan fingerprint density at radius 1 is 1.21 bits per heavy atom. The standard InChI is InChI=1S/C13H22N2O4/c16-12(17)15-10-1-2-11(15)8-13(18,7-10)9-14-3-5-19-6-4-14/h10-11,18H,1-9H2,(H,16,17)/t10-,11+,13?. The molecule has 19 heavy (non-hydrogen) atoms. The van der Waals surface area contributed by atoms with Gasteiger partial charge in [0.1, 0.15) is 0 Å². The minimum absolute atomic E-state index is 0.00212. The van der Waals surface area contributed by atoms with Gasteiger partial charge < -0.3 is 19.8 Å². The highest BCUT2D eigenvalue weighted by Gasteiger charge is 2.49. The summed E-state index contributed by atoms with van der Waals surface area (Å²) in [4.78, 5) is 15.0. The number of morpholine rings is 1. The maximum atomic E-state index is 11.2. The molecule has 3 aliphatic rings. The molecule has 2 bridgehead atoms. The van der Waals surface area contributed by atoms with Crippen LogP contribution in [0.15, 0.2) is 0 Å². The molecular weight excluding hydrogens is 248 g/mol. The second-order valence-electron chi connectivity index (χ2n) is 6.10. The van der Waals surface area contributed by atoms with Crippen LogP contribution in [0.3, 0.4) is 0 Å². The molecule has 0 aromatic rings. The van der Waals surface area contributed by atoms with Crippen molar-refractivity contribution in [1.29, 1.82) is 0 Å². The van der Waals surface area contributed by atoms with Crippen LogP contribution >= 0.6 is 0 Å². The second-order valence-corrected chi connectivity index (χ2v) is 6.10. The van der Waals surface area contributed by atoms with Crippen LogP contribution in [0.5, 0.6) is 0 Å². The molecule has 3 atom stereocenters. The van der Waals surface area contributed by atoms with Gasteiger partial charge in [-0.1, -0.05) is 0 Å². The number of amides is 1. The summed E-state index contributed by atoms with van der Waals surface area (Å²) in [5.41, 5.74) is -0.727. The zero-order valence-corrected chi connectivity index (χ0v) is 11.1. The molecule has 6 nitrogen and oxygen atoms in total. The van der Waals surface area contributed by atoms with E-state index in [1.807, 2.05) is 0 Å². The number of hydrogen-bond donors (Lipinski definition) is 2. The normalized spacial score (nSPS) is 39.5. The van der Waals surface area contributed by atoms with Gasteiger partial charge in [0.25, 0.3) is 0 Å². The number of ether oxygens (including phenoxy) is 1. The van der Waals surface area contributed by atoms with Crippen molar-refractivity contribution in [2.45, 2.75) is 43.4 Å². The lowest BCUT2D eigenvalue weighted by Gasteiger charge is -2.45. The summed E-state index contributed by atoms with van der Waals surface area (Å²) in [6.45, 7) is 3.83. The fraction of sp³-hybridized carbons (Fsp3) is 0.923. The van der Waals surface area contributed by atoms with Crippen LogP contribution in [0.4, 0.5) is 4.79 Å². The van der Waals surface area contributed by atoms with E-state index in [1.54, 1.807) is 4.90 Å². The van der Waals surface area contributed by atoms with Gasteiger partial charge in [-0.3, -0.25) is 4.90 Å². The number of nitrogens with zero attached hydrogens (tertiary/aromatic N) is 2. The Bertz CT molecular complexity index is 343. The van der Waals surface area contributed by atoms with Crippen molar-refractivity contribution in [3.63, 3.8) is 0 Å². The van der Waals surface area contributed by atoms with Crippen molar-refractivity contribution in [3.05, 3.63) is 0 Å². The molecule has 0 aromatic heterocycles.